The number of amides is 2. The van der Waals surface area contributed by atoms with Gasteiger partial charge in [0.05, 0.1) is 12.1 Å². The fourth-order valence-electron chi connectivity index (χ4n) is 2.93. The number of hydrogen-bond acceptors (Lipinski definition) is 5. The second kappa shape index (κ2) is 8.40. The first-order chi connectivity index (χ1) is 11.8. The fourth-order valence-corrected chi connectivity index (χ4v) is 3.20. The lowest BCUT2D eigenvalue weighted by Crippen LogP contribution is -2.45. The first-order valence-corrected chi connectivity index (χ1v) is 8.54. The summed E-state index contributed by atoms with van der Waals surface area (Å²) < 4.78 is 10.5. The quantitative estimate of drug-likeness (QED) is 0.788. The Morgan fingerprint density at radius 3 is 2.76 bits per heavy atom. The number of carbonyl (C=O) groups excluding carboxylic acids is 2. The van der Waals surface area contributed by atoms with E-state index in [1.165, 1.54) is 13.2 Å². The van der Waals surface area contributed by atoms with E-state index in [-0.39, 0.29) is 41.0 Å². The molecule has 25 heavy (non-hydrogen) atoms. The lowest BCUT2D eigenvalue weighted by atomic mass is 9.92. The van der Waals surface area contributed by atoms with Crippen molar-refractivity contribution in [2.24, 2.45) is 17.4 Å². The Morgan fingerprint density at radius 1 is 1.44 bits per heavy atom. The summed E-state index contributed by atoms with van der Waals surface area (Å²) in [6.07, 6.45) is 1.94. The molecule has 7 nitrogen and oxygen atoms in total. The highest BCUT2D eigenvalue weighted by Gasteiger charge is 2.27. The number of carbonyl (C=O) groups is 2. The number of piperidine rings is 1. The van der Waals surface area contributed by atoms with Crippen molar-refractivity contribution in [3.8, 4) is 11.5 Å². The molecule has 0 aliphatic carbocycles. The number of halogens is 1. The first-order valence-electron chi connectivity index (χ1n) is 8.17. The van der Waals surface area contributed by atoms with Crippen LogP contribution in [0.15, 0.2) is 12.1 Å². The van der Waals surface area contributed by atoms with E-state index in [0.717, 1.165) is 12.8 Å². The van der Waals surface area contributed by atoms with Crippen molar-refractivity contribution < 1.29 is 19.1 Å². The predicted octanol–water partition coefficient (Wildman–Crippen LogP) is 1.41. The van der Waals surface area contributed by atoms with Gasteiger partial charge in [-0.15, -0.1) is 0 Å². The summed E-state index contributed by atoms with van der Waals surface area (Å²) in [6.45, 7) is 2.94. The van der Waals surface area contributed by atoms with E-state index in [0.29, 0.717) is 18.7 Å². The number of likely N-dealkylation sites (tertiary alicyclic amines) is 1. The average molecular weight is 370 g/mol. The molecule has 138 valence electrons. The normalized spacial score (nSPS) is 18.6. The molecule has 1 heterocycles. The third-order valence-corrected chi connectivity index (χ3v) is 4.60. The SMILES string of the molecule is COc1cc(C(=O)N2CCC[C@H]([C@H](C)N)C2)cc(Cl)c1OCC(N)=O. The topological polar surface area (TPSA) is 108 Å². The molecular formula is C17H24ClN3O4. The van der Waals surface area contributed by atoms with Gasteiger partial charge in [0.1, 0.15) is 0 Å². The fraction of sp³-hybridized carbons (Fsp3) is 0.529. The molecule has 2 rings (SSSR count). The van der Waals surface area contributed by atoms with E-state index in [9.17, 15) is 9.59 Å². The van der Waals surface area contributed by atoms with Gasteiger partial charge in [0.25, 0.3) is 11.8 Å². The number of hydrogen-bond donors (Lipinski definition) is 2. The third-order valence-electron chi connectivity index (χ3n) is 4.32. The lowest BCUT2D eigenvalue weighted by Gasteiger charge is -2.34. The summed E-state index contributed by atoms with van der Waals surface area (Å²) in [5, 5.41) is 0.185. The second-order valence-electron chi connectivity index (χ2n) is 6.26. The minimum absolute atomic E-state index is 0.0401. The van der Waals surface area contributed by atoms with Crippen LogP contribution in [0.5, 0.6) is 11.5 Å². The molecule has 8 heteroatoms. The van der Waals surface area contributed by atoms with E-state index >= 15 is 0 Å². The van der Waals surface area contributed by atoms with Gasteiger partial charge >= 0.3 is 0 Å². The van der Waals surface area contributed by atoms with Crippen LogP contribution in [0, 0.1) is 5.92 Å². The third kappa shape index (κ3) is 4.76. The summed E-state index contributed by atoms with van der Waals surface area (Å²) >= 11 is 6.21. The maximum absolute atomic E-state index is 12.8. The zero-order valence-corrected chi connectivity index (χ0v) is 15.2. The first kappa shape index (κ1) is 19.3. The standard InChI is InChI=1S/C17H24ClN3O4/c1-10(19)11-4-3-5-21(8-11)17(23)12-6-13(18)16(14(7-12)24-2)25-9-15(20)22/h6-7,10-11H,3-5,8-9,19H2,1-2H3,(H2,20,22)/t10-,11-/m0/s1. The summed E-state index contributed by atoms with van der Waals surface area (Å²) in [5.74, 6) is -0.0155. The van der Waals surface area contributed by atoms with Crippen molar-refractivity contribution in [3.63, 3.8) is 0 Å². The Hall–Kier alpha value is -1.99. The minimum atomic E-state index is -0.631. The van der Waals surface area contributed by atoms with Gasteiger partial charge in [-0.2, -0.15) is 0 Å². The monoisotopic (exact) mass is 369 g/mol. The Labute approximate surface area is 152 Å². The van der Waals surface area contributed by atoms with Gasteiger partial charge in [0.2, 0.25) is 0 Å². The minimum Gasteiger partial charge on any atom is -0.493 e. The van der Waals surface area contributed by atoms with E-state index in [1.54, 1.807) is 11.0 Å². The molecule has 0 bridgehead atoms. The summed E-state index contributed by atoms with van der Waals surface area (Å²) in [4.78, 5) is 25.5. The Kier molecular flexibility index (Phi) is 6.50. The van der Waals surface area contributed by atoms with E-state index in [4.69, 9.17) is 32.5 Å². The Morgan fingerprint density at radius 2 is 2.16 bits per heavy atom. The largest absolute Gasteiger partial charge is 0.493 e. The van der Waals surface area contributed by atoms with E-state index < -0.39 is 5.91 Å². The van der Waals surface area contributed by atoms with Crippen LogP contribution in [-0.4, -0.2) is 49.6 Å². The summed E-state index contributed by atoms with van der Waals surface area (Å²) in [6, 6.07) is 3.11. The molecule has 1 aromatic rings. The number of benzene rings is 1. The highest BCUT2D eigenvalue weighted by molar-refractivity contribution is 6.32. The van der Waals surface area contributed by atoms with Crippen molar-refractivity contribution in [2.45, 2.75) is 25.8 Å². The molecule has 1 aliphatic rings. The molecule has 1 aromatic carbocycles. The lowest BCUT2D eigenvalue weighted by molar-refractivity contribution is -0.119. The van der Waals surface area contributed by atoms with Gasteiger partial charge in [-0.1, -0.05) is 11.6 Å². The van der Waals surface area contributed by atoms with Crippen molar-refractivity contribution >= 4 is 23.4 Å². The number of nitrogens with two attached hydrogens (primary N) is 2. The van der Waals surface area contributed by atoms with Crippen LogP contribution in [0.25, 0.3) is 0 Å². The van der Waals surface area contributed by atoms with E-state index in [1.807, 2.05) is 6.92 Å². The molecule has 0 unspecified atom stereocenters. The number of nitrogens with zero attached hydrogens (tertiary/aromatic N) is 1. The zero-order chi connectivity index (χ0) is 18.6. The van der Waals surface area contributed by atoms with Crippen LogP contribution in [0.4, 0.5) is 0 Å². The predicted molar refractivity (Wildman–Crippen MR) is 95.0 cm³/mol. The molecule has 2 atom stereocenters. The van der Waals surface area contributed by atoms with Gasteiger partial charge in [0.15, 0.2) is 18.1 Å². The summed E-state index contributed by atoms with van der Waals surface area (Å²) in [7, 11) is 1.43. The molecule has 1 aliphatic heterocycles. The second-order valence-corrected chi connectivity index (χ2v) is 6.66. The molecule has 0 spiro atoms. The molecular weight excluding hydrogens is 346 g/mol. The molecule has 0 aromatic heterocycles. The average Bonchev–Trinajstić information content (AvgIpc) is 2.59. The highest BCUT2D eigenvalue weighted by atomic mass is 35.5. The van der Waals surface area contributed by atoms with Crippen molar-refractivity contribution in [1.82, 2.24) is 4.90 Å². The van der Waals surface area contributed by atoms with Gasteiger partial charge < -0.3 is 25.8 Å². The number of rotatable bonds is 6. The maximum Gasteiger partial charge on any atom is 0.255 e. The molecule has 0 saturated carbocycles. The number of methoxy groups -OCH3 is 1. The Bertz CT molecular complexity index is 651. The van der Waals surface area contributed by atoms with Crippen LogP contribution >= 0.6 is 11.6 Å². The Balaban J connectivity index is 2.22. The molecule has 1 fully saturated rings. The highest BCUT2D eigenvalue weighted by Crippen LogP contribution is 2.37. The van der Waals surface area contributed by atoms with Crippen LogP contribution in [-0.2, 0) is 4.79 Å². The van der Waals surface area contributed by atoms with Gasteiger partial charge in [-0.05, 0) is 37.8 Å². The van der Waals surface area contributed by atoms with Crippen LogP contribution in [0.1, 0.15) is 30.1 Å². The molecule has 1 saturated heterocycles. The van der Waals surface area contributed by atoms with Gasteiger partial charge in [-0.3, -0.25) is 9.59 Å². The van der Waals surface area contributed by atoms with Gasteiger partial charge in [0, 0.05) is 24.7 Å². The van der Waals surface area contributed by atoms with Crippen LogP contribution in [0.3, 0.4) is 0 Å². The van der Waals surface area contributed by atoms with E-state index in [2.05, 4.69) is 0 Å². The smallest absolute Gasteiger partial charge is 0.255 e. The van der Waals surface area contributed by atoms with Crippen LogP contribution in [0.2, 0.25) is 5.02 Å². The number of primary amides is 1. The van der Waals surface area contributed by atoms with Crippen molar-refractivity contribution in [3.05, 3.63) is 22.7 Å². The number of ether oxygens (including phenoxy) is 2. The summed E-state index contributed by atoms with van der Waals surface area (Å²) in [5.41, 5.74) is 11.5. The van der Waals surface area contributed by atoms with Crippen LogP contribution < -0.4 is 20.9 Å². The molecule has 2 amide bonds. The zero-order valence-electron chi connectivity index (χ0n) is 14.5. The van der Waals surface area contributed by atoms with Crippen molar-refractivity contribution in [2.75, 3.05) is 26.8 Å². The molecule has 0 radical (unpaired) electrons. The maximum atomic E-state index is 12.8. The molecule has 4 N–H and O–H groups in total. The van der Waals surface area contributed by atoms with Gasteiger partial charge in [-0.25, -0.2) is 0 Å². The van der Waals surface area contributed by atoms with Crippen molar-refractivity contribution in [1.29, 1.82) is 0 Å².